The molecule has 0 unspecified atom stereocenters. The Balaban J connectivity index is 2.10. The van der Waals surface area contributed by atoms with Gasteiger partial charge < -0.3 is 5.32 Å². The highest BCUT2D eigenvalue weighted by molar-refractivity contribution is 7.15. The molecule has 2 rings (SSSR count). The van der Waals surface area contributed by atoms with Gasteiger partial charge in [-0.2, -0.15) is 0 Å². The van der Waals surface area contributed by atoms with Crippen LogP contribution in [0.25, 0.3) is 0 Å². The number of aryl methyl sites for hydroxylation is 2. The van der Waals surface area contributed by atoms with Gasteiger partial charge in [-0.15, -0.1) is 10.2 Å². The van der Waals surface area contributed by atoms with Crippen LogP contribution in [0, 0.1) is 12.8 Å². The van der Waals surface area contributed by atoms with Crippen molar-refractivity contribution in [2.75, 3.05) is 5.32 Å². The van der Waals surface area contributed by atoms with Gasteiger partial charge in [0.05, 0.1) is 0 Å². The SMILES string of the molecule is CCc1nnc(NC(=O)[C@H](CC(C)C)NC(=O)c2ccccc2C)s1. The van der Waals surface area contributed by atoms with Crippen LogP contribution >= 0.6 is 11.3 Å². The standard InChI is InChI=1S/C18H24N4O2S/c1-5-15-21-22-18(25-15)20-17(24)14(10-11(2)3)19-16(23)13-9-7-6-8-12(13)4/h6-9,11,14H,5,10H2,1-4H3,(H,19,23)(H,20,22,24)/t14-/m0/s1. The third kappa shape index (κ3) is 5.35. The predicted molar refractivity (Wildman–Crippen MR) is 99.8 cm³/mol. The van der Waals surface area contributed by atoms with Crippen molar-refractivity contribution in [1.82, 2.24) is 15.5 Å². The van der Waals surface area contributed by atoms with E-state index in [1.165, 1.54) is 11.3 Å². The Morgan fingerprint density at radius 3 is 2.52 bits per heavy atom. The predicted octanol–water partition coefficient (Wildman–Crippen LogP) is 3.19. The lowest BCUT2D eigenvalue weighted by Crippen LogP contribution is -2.44. The monoisotopic (exact) mass is 360 g/mol. The summed E-state index contributed by atoms with van der Waals surface area (Å²) in [5, 5.41) is 14.9. The smallest absolute Gasteiger partial charge is 0.252 e. The number of nitrogens with zero attached hydrogens (tertiary/aromatic N) is 2. The van der Waals surface area contributed by atoms with Crippen LogP contribution in [0.3, 0.4) is 0 Å². The maximum absolute atomic E-state index is 12.6. The fourth-order valence-corrected chi connectivity index (χ4v) is 3.09. The van der Waals surface area contributed by atoms with Crippen LogP contribution in [0.15, 0.2) is 24.3 Å². The zero-order valence-electron chi connectivity index (χ0n) is 15.0. The molecule has 0 aliphatic carbocycles. The number of nitrogens with one attached hydrogen (secondary N) is 2. The molecular formula is C18H24N4O2S. The lowest BCUT2D eigenvalue weighted by Gasteiger charge is -2.20. The quantitative estimate of drug-likeness (QED) is 0.794. The summed E-state index contributed by atoms with van der Waals surface area (Å²) >= 11 is 1.35. The molecule has 0 spiro atoms. The first-order valence-electron chi connectivity index (χ1n) is 8.40. The van der Waals surface area contributed by atoms with E-state index in [-0.39, 0.29) is 17.7 Å². The molecule has 0 saturated carbocycles. The van der Waals surface area contributed by atoms with Crippen molar-refractivity contribution < 1.29 is 9.59 Å². The average molecular weight is 360 g/mol. The van der Waals surface area contributed by atoms with Gasteiger partial charge in [0.1, 0.15) is 11.0 Å². The van der Waals surface area contributed by atoms with Crippen molar-refractivity contribution >= 4 is 28.3 Å². The maximum Gasteiger partial charge on any atom is 0.252 e. The Bertz CT molecular complexity index is 742. The second-order valence-corrected chi connectivity index (χ2v) is 7.38. The summed E-state index contributed by atoms with van der Waals surface area (Å²) in [4.78, 5) is 25.2. The van der Waals surface area contributed by atoms with E-state index >= 15 is 0 Å². The third-order valence-electron chi connectivity index (χ3n) is 3.72. The first-order chi connectivity index (χ1) is 11.9. The van der Waals surface area contributed by atoms with Gasteiger partial charge in [-0.3, -0.25) is 14.9 Å². The molecule has 25 heavy (non-hydrogen) atoms. The van der Waals surface area contributed by atoms with Crippen molar-refractivity contribution in [1.29, 1.82) is 0 Å². The molecule has 0 saturated heterocycles. The minimum atomic E-state index is -0.624. The van der Waals surface area contributed by atoms with Crippen LogP contribution in [0.4, 0.5) is 5.13 Å². The number of amides is 2. The van der Waals surface area contributed by atoms with Gasteiger partial charge in [0.2, 0.25) is 11.0 Å². The Morgan fingerprint density at radius 1 is 1.20 bits per heavy atom. The molecule has 0 aliphatic heterocycles. The minimum absolute atomic E-state index is 0.245. The summed E-state index contributed by atoms with van der Waals surface area (Å²) in [6, 6.07) is 6.70. The van der Waals surface area contributed by atoms with Gasteiger partial charge in [0.25, 0.3) is 5.91 Å². The molecule has 1 aromatic heterocycles. The number of carbonyl (C=O) groups is 2. The first-order valence-corrected chi connectivity index (χ1v) is 9.22. The van der Waals surface area contributed by atoms with Gasteiger partial charge >= 0.3 is 0 Å². The van der Waals surface area contributed by atoms with Crippen LogP contribution in [-0.4, -0.2) is 28.1 Å². The minimum Gasteiger partial charge on any atom is -0.340 e. The Labute approximate surface area is 152 Å². The molecule has 1 heterocycles. The Kier molecular flexibility index (Phi) is 6.64. The van der Waals surface area contributed by atoms with Crippen molar-refractivity contribution in [3.8, 4) is 0 Å². The summed E-state index contributed by atoms with van der Waals surface area (Å²) in [7, 11) is 0. The zero-order chi connectivity index (χ0) is 18.4. The highest BCUT2D eigenvalue weighted by Crippen LogP contribution is 2.17. The number of hydrogen-bond acceptors (Lipinski definition) is 5. The summed E-state index contributed by atoms with van der Waals surface area (Å²) in [6.07, 6.45) is 1.32. The van der Waals surface area contributed by atoms with Gasteiger partial charge in [0.15, 0.2) is 0 Å². The fraction of sp³-hybridized carbons (Fsp3) is 0.444. The van der Waals surface area contributed by atoms with Crippen molar-refractivity contribution in [3.05, 3.63) is 40.4 Å². The van der Waals surface area contributed by atoms with Crippen molar-refractivity contribution in [2.24, 2.45) is 5.92 Å². The lowest BCUT2D eigenvalue weighted by atomic mass is 10.0. The maximum atomic E-state index is 12.6. The van der Waals surface area contributed by atoms with Crippen LogP contribution in [0.5, 0.6) is 0 Å². The van der Waals surface area contributed by atoms with Crippen molar-refractivity contribution in [2.45, 2.75) is 46.6 Å². The topological polar surface area (TPSA) is 84.0 Å². The molecular weight excluding hydrogens is 336 g/mol. The van der Waals surface area contributed by atoms with Crippen LogP contribution in [-0.2, 0) is 11.2 Å². The summed E-state index contributed by atoms with van der Waals surface area (Å²) < 4.78 is 0. The molecule has 1 atom stereocenters. The second kappa shape index (κ2) is 8.71. The fourth-order valence-electron chi connectivity index (χ4n) is 2.41. The van der Waals surface area contributed by atoms with E-state index in [0.29, 0.717) is 17.1 Å². The number of benzene rings is 1. The molecule has 7 heteroatoms. The first kappa shape index (κ1) is 19.1. The summed E-state index contributed by atoms with van der Waals surface area (Å²) in [5.41, 5.74) is 1.45. The Hall–Kier alpha value is -2.28. The highest BCUT2D eigenvalue weighted by atomic mass is 32.1. The largest absolute Gasteiger partial charge is 0.340 e. The normalized spacial score (nSPS) is 12.0. The molecule has 134 valence electrons. The summed E-state index contributed by atoms with van der Waals surface area (Å²) in [5.74, 6) is -0.256. The van der Waals surface area contributed by atoms with E-state index in [9.17, 15) is 9.59 Å². The number of hydrogen-bond donors (Lipinski definition) is 2. The van der Waals surface area contributed by atoms with E-state index in [1.807, 2.05) is 45.9 Å². The van der Waals surface area contributed by atoms with Gasteiger partial charge in [-0.05, 0) is 37.3 Å². The molecule has 0 radical (unpaired) electrons. The molecule has 2 aromatic rings. The molecule has 6 nitrogen and oxygen atoms in total. The lowest BCUT2D eigenvalue weighted by molar-refractivity contribution is -0.118. The van der Waals surface area contributed by atoms with Crippen LogP contribution < -0.4 is 10.6 Å². The van der Waals surface area contributed by atoms with E-state index in [0.717, 1.165) is 17.0 Å². The van der Waals surface area contributed by atoms with E-state index < -0.39 is 6.04 Å². The molecule has 2 amide bonds. The molecule has 2 N–H and O–H groups in total. The number of aromatic nitrogens is 2. The molecule has 1 aromatic carbocycles. The van der Waals surface area contributed by atoms with E-state index in [2.05, 4.69) is 20.8 Å². The molecule has 0 fully saturated rings. The third-order valence-corrected chi connectivity index (χ3v) is 4.70. The molecule has 0 aliphatic rings. The zero-order valence-corrected chi connectivity index (χ0v) is 15.8. The highest BCUT2D eigenvalue weighted by Gasteiger charge is 2.24. The Morgan fingerprint density at radius 2 is 1.92 bits per heavy atom. The van der Waals surface area contributed by atoms with Crippen LogP contribution in [0.2, 0.25) is 0 Å². The van der Waals surface area contributed by atoms with E-state index in [1.54, 1.807) is 6.07 Å². The number of carbonyl (C=O) groups excluding carboxylic acids is 2. The van der Waals surface area contributed by atoms with Gasteiger partial charge in [-0.1, -0.05) is 50.3 Å². The van der Waals surface area contributed by atoms with Crippen molar-refractivity contribution in [3.63, 3.8) is 0 Å². The summed E-state index contributed by atoms with van der Waals surface area (Å²) in [6.45, 7) is 7.89. The number of anilines is 1. The van der Waals surface area contributed by atoms with Gasteiger partial charge in [-0.25, -0.2) is 0 Å². The van der Waals surface area contributed by atoms with Crippen LogP contribution in [0.1, 0.15) is 48.1 Å². The van der Waals surface area contributed by atoms with Gasteiger partial charge in [0, 0.05) is 5.56 Å². The van der Waals surface area contributed by atoms with E-state index in [4.69, 9.17) is 0 Å². The average Bonchev–Trinajstić information content (AvgIpc) is 3.01. The number of rotatable bonds is 7. The second-order valence-electron chi connectivity index (χ2n) is 6.31. The molecule has 0 bridgehead atoms.